The molecule has 9 nitrogen and oxygen atoms in total. The third kappa shape index (κ3) is 12.4. The van der Waals surface area contributed by atoms with Crippen LogP contribution in [0.5, 0.6) is 0 Å². The molecule has 137 heavy (non-hydrogen) atoms. The Morgan fingerprint density at radius 1 is 0.255 bits per heavy atom. The second kappa shape index (κ2) is 30.7. The smallest absolute Gasteiger partial charge is 0.160 e. The zero-order valence-electron chi connectivity index (χ0n) is 74.6. The van der Waals surface area contributed by atoms with E-state index in [1.807, 2.05) is 47.9 Å². The predicted molar refractivity (Wildman–Crippen MR) is 572 cm³/mol. The summed E-state index contributed by atoms with van der Waals surface area (Å²) in [7, 11) is 0. The molecule has 0 fully saturated rings. The molecule has 0 atom stereocenters. The number of hydrogen-bond donors (Lipinski definition) is 0. The van der Waals surface area contributed by atoms with E-state index in [1.165, 1.54) is 141 Å². The number of furan rings is 1. The van der Waals surface area contributed by atoms with E-state index in [2.05, 4.69) is 445 Å². The molecule has 0 unspecified atom stereocenters. The Bertz CT molecular complexity index is 9890. The number of rotatable bonds is 11. The molecule has 8 heterocycles. The first kappa shape index (κ1) is 78.0. The zero-order chi connectivity index (χ0) is 90.2. The molecular formula is C127H80N8OS. The van der Waals surface area contributed by atoms with Gasteiger partial charge in [0, 0.05) is 131 Å². The van der Waals surface area contributed by atoms with Gasteiger partial charge in [-0.05, 0) is 242 Å². The number of para-hydroxylation sites is 6. The van der Waals surface area contributed by atoms with Crippen molar-refractivity contribution >= 4 is 162 Å². The lowest BCUT2D eigenvalue weighted by Gasteiger charge is -2.23. The summed E-state index contributed by atoms with van der Waals surface area (Å²) in [6.07, 6.45) is 1.86. The molecule has 0 amide bonds. The molecule has 8 aromatic heterocycles. The molecule has 1 aliphatic rings. The Morgan fingerprint density at radius 2 is 0.715 bits per heavy atom. The van der Waals surface area contributed by atoms with Gasteiger partial charge in [0.2, 0.25) is 0 Å². The number of fused-ring (bicyclic) bond motifs is 25. The Balaban J connectivity index is 0.000000136. The molecule has 20 aromatic carbocycles. The fourth-order valence-electron chi connectivity index (χ4n) is 22.1. The molecule has 0 spiro atoms. The topological polar surface area (TPSA) is 84.4 Å². The van der Waals surface area contributed by atoms with Crippen LogP contribution >= 0.6 is 11.3 Å². The van der Waals surface area contributed by atoms with Crippen molar-refractivity contribution in [1.29, 1.82) is 0 Å². The first-order valence-electron chi connectivity index (χ1n) is 46.8. The predicted octanol–water partition coefficient (Wildman–Crippen LogP) is 33.9. The highest BCUT2D eigenvalue weighted by Gasteiger charge is 2.37. The second-order valence-electron chi connectivity index (χ2n) is 36.7. The maximum absolute atomic E-state index is 6.70. The zero-order valence-corrected chi connectivity index (χ0v) is 75.4. The van der Waals surface area contributed by atoms with Crippen LogP contribution in [0.25, 0.3) is 264 Å². The van der Waals surface area contributed by atoms with Gasteiger partial charge < -0.3 is 22.7 Å². The van der Waals surface area contributed by atoms with Crippen molar-refractivity contribution in [3.63, 3.8) is 0 Å². The molecule has 28 aromatic rings. The van der Waals surface area contributed by atoms with Crippen molar-refractivity contribution in [2.24, 2.45) is 0 Å². The minimum Gasteiger partial charge on any atom is -0.455 e. The molecule has 640 valence electrons. The third-order valence-corrected chi connectivity index (χ3v) is 29.9. The van der Waals surface area contributed by atoms with Crippen LogP contribution in [-0.4, -0.2) is 38.2 Å². The van der Waals surface area contributed by atoms with E-state index in [9.17, 15) is 0 Å². The number of hydrogen-bond acceptors (Lipinski definition) is 6. The minimum absolute atomic E-state index is 0.240. The summed E-state index contributed by atoms with van der Waals surface area (Å²) in [5, 5.41) is 18.2. The molecule has 0 saturated carbocycles. The standard InChI is InChI=1S/C66H40N4S.C61H40N4O/c1-2-14-49(15-3-1)70-60-36-31-48(40-56(60)63-61(70)37-34-53-52-17-8-11-21-62(52)71-65(53)63)47-30-35-59-55(39-47)51-16-7-10-20-58(51)69(59)50-32-28-44(29-33-50)66-67-57-19-9-6-18-54(57)64(68-66)43-25-22-42(23-26-43)46-27-24-41-12-4-5-13-45(41)38-46;1-61(2)50-35-40(60-62-32-31-52(63-60)37-13-5-3-6-14-37)21-25-43(50)44-26-24-42(36-51(44)61)65-53-19-11-9-17-45(53)48-33-38(22-28-54(48)65)39-23-29-55-49(34-39)58-56(64(55)41-15-7-4-8-16-41)30-27-47-46-18-10-12-20-57(46)66-59(47)58/h1-40H;3-36H,1-2H3. The fourth-order valence-corrected chi connectivity index (χ4v) is 23.4. The van der Waals surface area contributed by atoms with Crippen molar-refractivity contribution in [2.45, 2.75) is 19.3 Å². The Kier molecular flexibility index (Phi) is 17.5. The highest BCUT2D eigenvalue weighted by molar-refractivity contribution is 7.26. The Labute approximate surface area is 791 Å². The Morgan fingerprint density at radius 3 is 1.39 bits per heavy atom. The van der Waals surface area contributed by atoms with Gasteiger partial charge in [-0.3, -0.25) is 0 Å². The van der Waals surface area contributed by atoms with Gasteiger partial charge in [-0.25, -0.2) is 19.9 Å². The average Bonchev–Trinajstić information content (AvgIpc) is 1.56. The quantitative estimate of drug-likeness (QED) is 0.129. The molecule has 10 heteroatoms. The lowest BCUT2D eigenvalue weighted by Crippen LogP contribution is -2.15. The summed E-state index contributed by atoms with van der Waals surface area (Å²) >= 11 is 1.90. The van der Waals surface area contributed by atoms with Crippen LogP contribution in [0.3, 0.4) is 0 Å². The largest absolute Gasteiger partial charge is 0.455 e. The van der Waals surface area contributed by atoms with Gasteiger partial charge in [-0.1, -0.05) is 281 Å². The van der Waals surface area contributed by atoms with E-state index in [0.717, 1.165) is 128 Å². The van der Waals surface area contributed by atoms with Crippen LogP contribution in [0, 0.1) is 0 Å². The highest BCUT2D eigenvalue weighted by atomic mass is 32.1. The van der Waals surface area contributed by atoms with E-state index in [1.54, 1.807) is 0 Å². The first-order valence-corrected chi connectivity index (χ1v) is 47.6. The molecule has 0 bridgehead atoms. The van der Waals surface area contributed by atoms with Crippen molar-refractivity contribution in [3.8, 4) is 113 Å². The van der Waals surface area contributed by atoms with Gasteiger partial charge in [0.25, 0.3) is 0 Å². The van der Waals surface area contributed by atoms with E-state index in [4.69, 9.17) is 24.4 Å². The second-order valence-corrected chi connectivity index (χ2v) is 37.7. The number of aromatic nitrogens is 8. The first-order chi connectivity index (χ1) is 67.7. The van der Waals surface area contributed by atoms with E-state index >= 15 is 0 Å². The summed E-state index contributed by atoms with van der Waals surface area (Å²) in [6, 6.07) is 160. The van der Waals surface area contributed by atoms with Crippen LogP contribution in [0.1, 0.15) is 25.0 Å². The molecule has 0 radical (unpaired) electrons. The molecule has 29 rings (SSSR count). The SMILES string of the molecule is CC1(C)c2cc(-c3nccc(-c4ccccc4)n3)ccc2-c2ccc(-n3c4ccccc4c4cc(-c5ccc6c(c5)c5c7oc8ccccc8c7ccc5n6-c5ccccc5)ccc43)cc21.c1ccc(-n2c3ccc(-c4ccc5c(c4)c4ccccc4n5-c4ccc(-c5nc(-c6ccc(-c7ccc8ccccc8c7)cc6)c6ccccc6n5)cc4)cc3c3c4sc5ccccc5c4ccc32)cc1. The highest BCUT2D eigenvalue weighted by Crippen LogP contribution is 2.53. The van der Waals surface area contributed by atoms with Gasteiger partial charge >= 0.3 is 0 Å². The maximum Gasteiger partial charge on any atom is 0.160 e. The van der Waals surface area contributed by atoms with Gasteiger partial charge in [0.1, 0.15) is 11.2 Å². The van der Waals surface area contributed by atoms with E-state index in [0.29, 0.717) is 5.82 Å². The van der Waals surface area contributed by atoms with Gasteiger partial charge in [0.05, 0.1) is 66.4 Å². The minimum atomic E-state index is -0.240. The summed E-state index contributed by atoms with van der Waals surface area (Å²) in [6.45, 7) is 4.69. The number of benzene rings is 20. The van der Waals surface area contributed by atoms with Crippen LogP contribution in [-0.2, 0) is 5.41 Å². The summed E-state index contributed by atoms with van der Waals surface area (Å²) in [4.78, 5) is 20.1. The Hall–Kier alpha value is -17.7. The van der Waals surface area contributed by atoms with Crippen LogP contribution in [0.4, 0.5) is 0 Å². The lowest BCUT2D eigenvalue weighted by molar-refractivity contribution is 0.660. The van der Waals surface area contributed by atoms with Crippen molar-refractivity contribution in [2.75, 3.05) is 0 Å². The molecule has 0 N–H and O–H groups in total. The molecule has 0 saturated heterocycles. The van der Waals surface area contributed by atoms with Gasteiger partial charge in [-0.15, -0.1) is 11.3 Å². The van der Waals surface area contributed by atoms with Crippen molar-refractivity contribution in [1.82, 2.24) is 38.2 Å². The van der Waals surface area contributed by atoms with E-state index in [-0.39, 0.29) is 5.41 Å². The average molecular weight is 1770 g/mol. The third-order valence-electron chi connectivity index (χ3n) is 28.7. The van der Waals surface area contributed by atoms with Gasteiger partial charge in [0.15, 0.2) is 11.6 Å². The van der Waals surface area contributed by atoms with Crippen LogP contribution in [0.2, 0.25) is 0 Å². The van der Waals surface area contributed by atoms with Crippen LogP contribution in [0.15, 0.2) is 453 Å². The fraction of sp³-hybridized carbons (Fsp3) is 0.0236. The number of nitrogens with zero attached hydrogens (tertiary/aromatic N) is 8. The van der Waals surface area contributed by atoms with Crippen LogP contribution < -0.4 is 0 Å². The normalized spacial score (nSPS) is 12.5. The van der Waals surface area contributed by atoms with Crippen molar-refractivity contribution < 1.29 is 4.42 Å². The van der Waals surface area contributed by atoms with Gasteiger partial charge in [-0.2, -0.15) is 0 Å². The summed E-state index contributed by atoms with van der Waals surface area (Å²) < 4.78 is 19.0. The van der Waals surface area contributed by atoms with E-state index < -0.39 is 0 Å². The van der Waals surface area contributed by atoms with Crippen molar-refractivity contribution in [3.05, 3.63) is 460 Å². The molecule has 1 aliphatic carbocycles. The summed E-state index contributed by atoms with van der Waals surface area (Å²) in [5.74, 6) is 1.44. The maximum atomic E-state index is 6.70. The summed E-state index contributed by atoms with van der Waals surface area (Å²) in [5.41, 5.74) is 34.6. The monoisotopic (exact) mass is 1760 g/mol. The number of thiophene rings is 1. The molecule has 0 aliphatic heterocycles. The lowest BCUT2D eigenvalue weighted by atomic mass is 9.82. The molecular weight excluding hydrogens is 1690 g/mol.